The van der Waals surface area contributed by atoms with Crippen LogP contribution in [0.25, 0.3) is 0 Å². The lowest BCUT2D eigenvalue weighted by atomic mass is 10.2. The van der Waals surface area contributed by atoms with Crippen molar-refractivity contribution in [1.82, 2.24) is 10.6 Å². The molecule has 2 aromatic rings. The third-order valence-electron chi connectivity index (χ3n) is 4.01. The highest BCUT2D eigenvalue weighted by molar-refractivity contribution is 7.98. The minimum Gasteiger partial charge on any atom is -0.480 e. The van der Waals surface area contributed by atoms with Gasteiger partial charge in [0.15, 0.2) is 0 Å². The number of hydrogen-bond donors (Lipinski definition) is 4. The average molecular weight is 432 g/mol. The van der Waals surface area contributed by atoms with E-state index in [-0.39, 0.29) is 12.4 Å². The molecule has 160 valence electrons. The number of ether oxygens (including phenoxy) is 1. The highest BCUT2D eigenvalue weighted by atomic mass is 32.2. The van der Waals surface area contributed by atoms with Gasteiger partial charge in [-0.1, -0.05) is 60.7 Å². The van der Waals surface area contributed by atoms with Gasteiger partial charge in [0.1, 0.15) is 18.7 Å². The molecule has 2 rings (SSSR count). The highest BCUT2D eigenvalue weighted by Gasteiger charge is 2.26. The number of thioether (sulfide) groups is 1. The number of nitrogens with one attached hydrogen (secondary N) is 2. The van der Waals surface area contributed by atoms with Crippen molar-refractivity contribution in [3.63, 3.8) is 0 Å². The second kappa shape index (κ2) is 12.5. The van der Waals surface area contributed by atoms with Gasteiger partial charge in [-0.05, 0) is 11.1 Å². The Morgan fingerprint density at radius 2 is 1.50 bits per heavy atom. The molecule has 0 aromatic heterocycles. The van der Waals surface area contributed by atoms with Crippen LogP contribution in [0.2, 0.25) is 0 Å². The fraction of sp³-hybridized carbons (Fsp3) is 0.286. The molecule has 0 aliphatic carbocycles. The fourth-order valence-electron chi connectivity index (χ4n) is 2.42. The first-order chi connectivity index (χ1) is 14.5. The molecule has 0 aliphatic heterocycles. The topological polar surface area (TPSA) is 125 Å². The van der Waals surface area contributed by atoms with Crippen molar-refractivity contribution >= 4 is 29.7 Å². The maximum Gasteiger partial charge on any atom is 0.408 e. The lowest BCUT2D eigenvalue weighted by molar-refractivity contribution is -0.141. The summed E-state index contributed by atoms with van der Waals surface area (Å²) in [5, 5.41) is 23.4. The Hall–Kier alpha value is -3.04. The second-order valence-corrected chi connectivity index (χ2v) is 7.37. The van der Waals surface area contributed by atoms with E-state index < -0.39 is 36.7 Å². The molecule has 0 radical (unpaired) electrons. The summed E-state index contributed by atoms with van der Waals surface area (Å²) in [5.41, 5.74) is 1.80. The largest absolute Gasteiger partial charge is 0.480 e. The molecule has 0 bridgehead atoms. The van der Waals surface area contributed by atoms with Crippen molar-refractivity contribution in [2.75, 3.05) is 12.4 Å². The van der Waals surface area contributed by atoms with Gasteiger partial charge in [0, 0.05) is 11.5 Å². The molecule has 30 heavy (non-hydrogen) atoms. The van der Waals surface area contributed by atoms with Gasteiger partial charge in [0.25, 0.3) is 0 Å². The van der Waals surface area contributed by atoms with E-state index in [1.807, 2.05) is 36.4 Å². The van der Waals surface area contributed by atoms with Crippen LogP contribution >= 0.6 is 11.8 Å². The molecule has 0 saturated heterocycles. The molecule has 2 amide bonds. The summed E-state index contributed by atoms with van der Waals surface area (Å²) in [4.78, 5) is 35.7. The van der Waals surface area contributed by atoms with E-state index in [0.29, 0.717) is 5.75 Å². The van der Waals surface area contributed by atoms with Crippen molar-refractivity contribution in [3.8, 4) is 0 Å². The Morgan fingerprint density at radius 3 is 2.07 bits per heavy atom. The van der Waals surface area contributed by atoms with Gasteiger partial charge in [0.05, 0.1) is 6.61 Å². The molecule has 0 saturated carbocycles. The first-order valence-electron chi connectivity index (χ1n) is 9.22. The highest BCUT2D eigenvalue weighted by Crippen LogP contribution is 2.13. The Balaban J connectivity index is 1.81. The zero-order valence-corrected chi connectivity index (χ0v) is 17.0. The molecule has 0 aliphatic rings. The summed E-state index contributed by atoms with van der Waals surface area (Å²) in [6.45, 7) is -0.698. The molecule has 2 atom stereocenters. The van der Waals surface area contributed by atoms with Crippen molar-refractivity contribution in [2.24, 2.45) is 0 Å². The minimum atomic E-state index is -1.32. The van der Waals surface area contributed by atoms with Crippen LogP contribution in [0, 0.1) is 0 Å². The fourth-order valence-corrected chi connectivity index (χ4v) is 3.42. The Kier molecular flexibility index (Phi) is 9.69. The van der Waals surface area contributed by atoms with Crippen LogP contribution in [0.5, 0.6) is 0 Å². The van der Waals surface area contributed by atoms with E-state index in [1.165, 1.54) is 11.8 Å². The molecule has 0 fully saturated rings. The molecule has 0 spiro atoms. The molecule has 2 aromatic carbocycles. The number of rotatable bonds is 11. The van der Waals surface area contributed by atoms with Crippen molar-refractivity contribution in [2.45, 2.75) is 24.4 Å². The van der Waals surface area contributed by atoms with Crippen molar-refractivity contribution in [1.29, 1.82) is 0 Å². The summed E-state index contributed by atoms with van der Waals surface area (Å²) in [7, 11) is 0. The van der Waals surface area contributed by atoms with Gasteiger partial charge in [0.2, 0.25) is 5.91 Å². The Labute approximate surface area is 178 Å². The summed E-state index contributed by atoms with van der Waals surface area (Å²) in [6.07, 6.45) is -0.890. The zero-order valence-electron chi connectivity index (χ0n) is 16.2. The number of amides is 2. The van der Waals surface area contributed by atoms with Crippen LogP contribution in [0.3, 0.4) is 0 Å². The van der Waals surface area contributed by atoms with E-state index in [4.69, 9.17) is 4.74 Å². The van der Waals surface area contributed by atoms with E-state index in [2.05, 4.69) is 10.6 Å². The van der Waals surface area contributed by atoms with Gasteiger partial charge >= 0.3 is 12.1 Å². The number of carbonyl (C=O) groups is 3. The zero-order chi connectivity index (χ0) is 21.8. The smallest absolute Gasteiger partial charge is 0.408 e. The molecule has 0 heterocycles. The van der Waals surface area contributed by atoms with Gasteiger partial charge in [-0.25, -0.2) is 9.59 Å². The first-order valence-corrected chi connectivity index (χ1v) is 10.4. The third kappa shape index (κ3) is 8.14. The third-order valence-corrected chi connectivity index (χ3v) is 5.12. The molecule has 4 N–H and O–H groups in total. The van der Waals surface area contributed by atoms with Gasteiger partial charge in [-0.2, -0.15) is 11.8 Å². The number of alkyl carbamates (subject to hydrolysis) is 1. The summed E-state index contributed by atoms with van der Waals surface area (Å²) in [6, 6.07) is 16.0. The van der Waals surface area contributed by atoms with Gasteiger partial charge < -0.3 is 25.6 Å². The first kappa shape index (κ1) is 23.2. The molecular formula is C21H24N2O6S. The number of carbonyl (C=O) groups excluding carboxylic acids is 2. The van der Waals surface area contributed by atoms with Crippen LogP contribution in [-0.2, 0) is 26.7 Å². The standard InChI is InChI=1S/C21H24N2O6S/c24-11-17(23-21(28)29-12-15-7-3-1-4-8-15)19(25)22-18(20(26)27)14-30-13-16-9-5-2-6-10-16/h1-10,17-18,24H,11-14H2,(H,22,25)(H,23,28)(H,26,27)/t17-,18+/m1/s1. The number of carboxylic acids is 1. The van der Waals surface area contributed by atoms with Crippen LogP contribution in [0.1, 0.15) is 11.1 Å². The number of benzene rings is 2. The Morgan fingerprint density at radius 1 is 0.900 bits per heavy atom. The molecular weight excluding hydrogens is 408 g/mol. The van der Waals surface area contributed by atoms with Crippen LogP contribution in [0.15, 0.2) is 60.7 Å². The Bertz CT molecular complexity index is 819. The van der Waals surface area contributed by atoms with E-state index >= 15 is 0 Å². The van der Waals surface area contributed by atoms with Gasteiger partial charge in [-0.3, -0.25) is 4.79 Å². The van der Waals surface area contributed by atoms with Crippen LogP contribution < -0.4 is 10.6 Å². The summed E-state index contributed by atoms with van der Waals surface area (Å²) < 4.78 is 5.02. The lowest BCUT2D eigenvalue weighted by Crippen LogP contribution is -2.53. The van der Waals surface area contributed by atoms with Crippen molar-refractivity contribution in [3.05, 3.63) is 71.8 Å². The molecule has 0 unspecified atom stereocenters. The normalized spacial score (nSPS) is 12.4. The number of carboxylic acid groups (broad SMARTS) is 1. The van der Waals surface area contributed by atoms with Crippen LogP contribution in [0.4, 0.5) is 4.79 Å². The summed E-state index contributed by atoms with van der Waals surface area (Å²) in [5.74, 6) is -1.28. The number of aliphatic hydroxyl groups is 1. The van der Waals surface area contributed by atoms with Crippen molar-refractivity contribution < 1.29 is 29.3 Å². The van der Waals surface area contributed by atoms with E-state index in [1.54, 1.807) is 24.3 Å². The van der Waals surface area contributed by atoms with Gasteiger partial charge in [-0.15, -0.1) is 0 Å². The number of aliphatic hydroxyl groups excluding tert-OH is 1. The van der Waals surface area contributed by atoms with E-state index in [0.717, 1.165) is 11.1 Å². The second-order valence-electron chi connectivity index (χ2n) is 6.34. The van der Waals surface area contributed by atoms with E-state index in [9.17, 15) is 24.6 Å². The predicted octanol–water partition coefficient (Wildman–Crippen LogP) is 1.78. The summed E-state index contributed by atoms with van der Waals surface area (Å²) >= 11 is 1.35. The number of hydrogen-bond acceptors (Lipinski definition) is 6. The maximum atomic E-state index is 12.3. The number of aliphatic carboxylic acids is 1. The lowest BCUT2D eigenvalue weighted by Gasteiger charge is -2.19. The predicted molar refractivity (Wildman–Crippen MR) is 113 cm³/mol. The molecule has 8 nitrogen and oxygen atoms in total. The van der Waals surface area contributed by atoms with Crippen LogP contribution in [-0.4, -0.2) is 52.6 Å². The average Bonchev–Trinajstić information content (AvgIpc) is 2.76. The monoisotopic (exact) mass is 432 g/mol. The molecule has 9 heteroatoms. The SMILES string of the molecule is O=C(N[C@H](CO)C(=O)N[C@@H](CSCc1ccccc1)C(=O)O)OCc1ccccc1. The quantitative estimate of drug-likeness (QED) is 0.426. The minimum absolute atomic E-state index is 0.000315. The maximum absolute atomic E-state index is 12.3.